The van der Waals surface area contributed by atoms with Crippen molar-refractivity contribution in [3.05, 3.63) is 84.7 Å². The first-order valence-electron chi connectivity index (χ1n) is 7.93. The molecular weight excluding hydrogens is 294 g/mol. The number of benzene rings is 3. The molecule has 0 spiro atoms. The summed E-state index contributed by atoms with van der Waals surface area (Å²) in [5.74, 6) is 0.823. The van der Waals surface area contributed by atoms with Gasteiger partial charge < -0.3 is 5.32 Å². The van der Waals surface area contributed by atoms with Crippen molar-refractivity contribution in [1.82, 2.24) is 9.97 Å². The number of nitrogens with zero attached hydrogens (tertiary/aromatic N) is 2. The van der Waals surface area contributed by atoms with E-state index in [0.29, 0.717) is 0 Å². The van der Waals surface area contributed by atoms with Crippen LogP contribution in [-0.4, -0.2) is 9.97 Å². The van der Waals surface area contributed by atoms with Gasteiger partial charge in [0.25, 0.3) is 0 Å². The summed E-state index contributed by atoms with van der Waals surface area (Å²) in [6.45, 7) is 2.08. The number of anilines is 2. The SMILES string of the molecule is Cc1cccc(Nc2ncnc3ccc(-c4ccccc4)cc23)c1. The molecule has 3 heteroatoms. The van der Waals surface area contributed by atoms with Crippen LogP contribution in [0.25, 0.3) is 22.0 Å². The molecule has 0 bridgehead atoms. The van der Waals surface area contributed by atoms with E-state index in [1.165, 1.54) is 11.1 Å². The molecule has 0 fully saturated rings. The normalized spacial score (nSPS) is 10.7. The Bertz CT molecular complexity index is 994. The molecule has 0 aliphatic carbocycles. The van der Waals surface area contributed by atoms with Crippen molar-refractivity contribution < 1.29 is 0 Å². The number of hydrogen-bond donors (Lipinski definition) is 1. The van der Waals surface area contributed by atoms with Crippen molar-refractivity contribution in [2.45, 2.75) is 6.92 Å². The van der Waals surface area contributed by atoms with Gasteiger partial charge in [-0.05, 0) is 47.9 Å². The Balaban J connectivity index is 1.80. The van der Waals surface area contributed by atoms with Crippen molar-refractivity contribution in [3.8, 4) is 11.1 Å². The average molecular weight is 311 g/mol. The van der Waals surface area contributed by atoms with Crippen LogP contribution < -0.4 is 5.32 Å². The highest BCUT2D eigenvalue weighted by Crippen LogP contribution is 2.28. The highest BCUT2D eigenvalue weighted by Gasteiger charge is 2.06. The van der Waals surface area contributed by atoms with Crippen LogP contribution in [0.1, 0.15) is 5.56 Å². The Labute approximate surface area is 141 Å². The third kappa shape index (κ3) is 2.84. The molecule has 1 N–H and O–H groups in total. The molecule has 0 radical (unpaired) electrons. The highest BCUT2D eigenvalue weighted by molar-refractivity contribution is 5.93. The van der Waals surface area contributed by atoms with Crippen molar-refractivity contribution in [3.63, 3.8) is 0 Å². The van der Waals surface area contributed by atoms with Gasteiger partial charge in [-0.1, -0.05) is 48.5 Å². The number of nitrogens with one attached hydrogen (secondary N) is 1. The summed E-state index contributed by atoms with van der Waals surface area (Å²) in [7, 11) is 0. The lowest BCUT2D eigenvalue weighted by atomic mass is 10.0. The second-order valence-corrected chi connectivity index (χ2v) is 5.81. The van der Waals surface area contributed by atoms with Crippen molar-refractivity contribution in [1.29, 1.82) is 0 Å². The van der Waals surface area contributed by atoms with Gasteiger partial charge in [-0.2, -0.15) is 0 Å². The van der Waals surface area contributed by atoms with Crippen molar-refractivity contribution in [2.24, 2.45) is 0 Å². The Morgan fingerprint density at radius 2 is 1.62 bits per heavy atom. The zero-order valence-corrected chi connectivity index (χ0v) is 13.4. The van der Waals surface area contributed by atoms with Crippen molar-refractivity contribution in [2.75, 3.05) is 5.32 Å². The first kappa shape index (κ1) is 14.4. The summed E-state index contributed by atoms with van der Waals surface area (Å²) in [6.07, 6.45) is 1.60. The summed E-state index contributed by atoms with van der Waals surface area (Å²) < 4.78 is 0. The molecule has 0 amide bonds. The van der Waals surface area contributed by atoms with E-state index in [0.717, 1.165) is 28.0 Å². The zero-order valence-electron chi connectivity index (χ0n) is 13.4. The van der Waals surface area contributed by atoms with E-state index in [4.69, 9.17) is 0 Å². The van der Waals surface area contributed by atoms with Crippen LogP contribution >= 0.6 is 0 Å². The minimum Gasteiger partial charge on any atom is -0.340 e. The molecule has 24 heavy (non-hydrogen) atoms. The van der Waals surface area contributed by atoms with Crippen LogP contribution in [0.4, 0.5) is 11.5 Å². The molecule has 0 saturated carbocycles. The van der Waals surface area contributed by atoms with Gasteiger partial charge in [0.05, 0.1) is 5.52 Å². The largest absolute Gasteiger partial charge is 0.340 e. The molecule has 1 heterocycles. The summed E-state index contributed by atoms with van der Waals surface area (Å²) >= 11 is 0. The average Bonchev–Trinajstić information content (AvgIpc) is 2.62. The maximum atomic E-state index is 4.44. The molecule has 0 aliphatic rings. The molecule has 4 rings (SSSR count). The van der Waals surface area contributed by atoms with Gasteiger partial charge in [0, 0.05) is 11.1 Å². The molecule has 4 aromatic rings. The van der Waals surface area contributed by atoms with Gasteiger partial charge in [-0.25, -0.2) is 9.97 Å². The van der Waals surface area contributed by atoms with E-state index in [-0.39, 0.29) is 0 Å². The number of rotatable bonds is 3. The topological polar surface area (TPSA) is 37.8 Å². The molecule has 0 aliphatic heterocycles. The van der Waals surface area contributed by atoms with Crippen LogP contribution in [-0.2, 0) is 0 Å². The molecule has 0 unspecified atom stereocenters. The standard InChI is InChI=1S/C21H17N3/c1-15-6-5-9-18(12-15)24-21-19-13-17(16-7-3-2-4-8-16)10-11-20(19)22-14-23-21/h2-14H,1H3,(H,22,23,24). The quantitative estimate of drug-likeness (QED) is 0.554. The zero-order chi connectivity index (χ0) is 16.4. The Morgan fingerprint density at radius 1 is 0.750 bits per heavy atom. The van der Waals surface area contributed by atoms with E-state index >= 15 is 0 Å². The molecule has 3 nitrogen and oxygen atoms in total. The van der Waals surface area contributed by atoms with Crippen LogP contribution in [0.3, 0.4) is 0 Å². The number of hydrogen-bond acceptors (Lipinski definition) is 3. The lowest BCUT2D eigenvalue weighted by Gasteiger charge is -2.10. The predicted octanol–water partition coefficient (Wildman–Crippen LogP) is 5.35. The monoisotopic (exact) mass is 311 g/mol. The van der Waals surface area contributed by atoms with E-state index < -0.39 is 0 Å². The summed E-state index contributed by atoms with van der Waals surface area (Å²) in [4.78, 5) is 8.83. The fourth-order valence-corrected chi connectivity index (χ4v) is 2.83. The Hall–Kier alpha value is -3.20. The smallest absolute Gasteiger partial charge is 0.141 e. The number of fused-ring (bicyclic) bond motifs is 1. The molecule has 3 aromatic carbocycles. The first-order valence-corrected chi connectivity index (χ1v) is 7.93. The van der Waals surface area contributed by atoms with Crippen LogP contribution in [0.15, 0.2) is 79.1 Å². The third-order valence-corrected chi connectivity index (χ3v) is 4.02. The Kier molecular flexibility index (Phi) is 3.67. The lowest BCUT2D eigenvalue weighted by Crippen LogP contribution is -1.96. The third-order valence-electron chi connectivity index (χ3n) is 4.02. The van der Waals surface area contributed by atoms with E-state index in [9.17, 15) is 0 Å². The Morgan fingerprint density at radius 3 is 2.46 bits per heavy atom. The minimum absolute atomic E-state index is 0.823. The molecular formula is C21H17N3. The van der Waals surface area contributed by atoms with Crippen LogP contribution in [0.2, 0.25) is 0 Å². The molecule has 0 saturated heterocycles. The summed E-state index contributed by atoms with van der Waals surface area (Å²) in [5, 5.41) is 4.43. The molecule has 0 atom stereocenters. The van der Waals surface area contributed by atoms with Gasteiger partial charge >= 0.3 is 0 Å². The first-order chi connectivity index (χ1) is 11.8. The maximum absolute atomic E-state index is 4.44. The second-order valence-electron chi connectivity index (χ2n) is 5.81. The molecule has 116 valence electrons. The van der Waals surface area contributed by atoms with Gasteiger partial charge in [-0.15, -0.1) is 0 Å². The predicted molar refractivity (Wildman–Crippen MR) is 99.4 cm³/mol. The fraction of sp³-hybridized carbons (Fsp3) is 0.0476. The summed E-state index contributed by atoms with van der Waals surface area (Å²) in [6, 6.07) is 24.9. The van der Waals surface area contributed by atoms with Crippen LogP contribution in [0, 0.1) is 6.92 Å². The second kappa shape index (κ2) is 6.13. The van der Waals surface area contributed by atoms with Gasteiger partial charge in [-0.3, -0.25) is 0 Å². The lowest BCUT2D eigenvalue weighted by molar-refractivity contribution is 1.22. The molecule has 1 aromatic heterocycles. The van der Waals surface area contributed by atoms with Crippen molar-refractivity contribution >= 4 is 22.4 Å². The van der Waals surface area contributed by atoms with Gasteiger partial charge in [0.2, 0.25) is 0 Å². The number of aromatic nitrogens is 2. The van der Waals surface area contributed by atoms with E-state index in [1.807, 2.05) is 36.4 Å². The minimum atomic E-state index is 0.823. The maximum Gasteiger partial charge on any atom is 0.141 e. The number of aryl methyl sites for hydroxylation is 1. The highest BCUT2D eigenvalue weighted by atomic mass is 15.0. The van der Waals surface area contributed by atoms with Gasteiger partial charge in [0.15, 0.2) is 0 Å². The summed E-state index contributed by atoms with van der Waals surface area (Å²) in [5.41, 5.74) is 5.51. The van der Waals surface area contributed by atoms with Crippen LogP contribution in [0.5, 0.6) is 0 Å². The van der Waals surface area contributed by atoms with Gasteiger partial charge in [0.1, 0.15) is 12.1 Å². The fourth-order valence-electron chi connectivity index (χ4n) is 2.83. The van der Waals surface area contributed by atoms with E-state index in [2.05, 4.69) is 58.6 Å². The van der Waals surface area contributed by atoms with E-state index in [1.54, 1.807) is 6.33 Å².